The number of β-amino-alcohol motifs (C(OH)–C–C–N with tert-alkyl or cyclic N) is 1. The lowest BCUT2D eigenvalue weighted by Crippen LogP contribution is -2.49. The predicted octanol–water partition coefficient (Wildman–Crippen LogP) is 2.78. The molecule has 0 saturated carbocycles. The maximum atomic E-state index is 9.30. The first kappa shape index (κ1) is 13.2. The number of fused-ring (bicyclic) bond motifs is 1. The summed E-state index contributed by atoms with van der Waals surface area (Å²) >= 11 is 0. The highest BCUT2D eigenvalue weighted by Gasteiger charge is 2.36. The predicted molar refractivity (Wildman–Crippen MR) is 74.5 cm³/mol. The minimum absolute atomic E-state index is 0.0709. The highest BCUT2D eigenvalue weighted by Crippen LogP contribution is 2.44. The second-order valence-corrected chi connectivity index (χ2v) is 5.72. The van der Waals surface area contributed by atoms with Crippen molar-refractivity contribution in [2.45, 2.75) is 38.6 Å². The Hall–Kier alpha value is -1.22. The Balaban J connectivity index is 2.50. The SMILES string of the molecule is COc1ccc2c(c1)N(CCO)C(C)(C)CC2C. The average Bonchev–Trinajstić information content (AvgIpc) is 2.33. The second-order valence-electron chi connectivity index (χ2n) is 5.72. The van der Waals surface area contributed by atoms with Gasteiger partial charge in [-0.25, -0.2) is 0 Å². The first-order valence-electron chi connectivity index (χ1n) is 6.56. The normalized spacial score (nSPS) is 21.6. The number of hydrogen-bond donors (Lipinski definition) is 1. The number of benzene rings is 1. The van der Waals surface area contributed by atoms with Crippen molar-refractivity contribution in [2.75, 3.05) is 25.2 Å². The number of rotatable bonds is 3. The first-order valence-corrected chi connectivity index (χ1v) is 6.56. The molecule has 0 fully saturated rings. The lowest BCUT2D eigenvalue weighted by atomic mass is 9.80. The van der Waals surface area contributed by atoms with Crippen LogP contribution in [0.5, 0.6) is 5.75 Å². The summed E-state index contributed by atoms with van der Waals surface area (Å²) in [6, 6.07) is 6.26. The molecule has 1 aromatic carbocycles. The molecule has 1 atom stereocenters. The first-order chi connectivity index (χ1) is 8.49. The molecule has 1 aromatic rings. The molecule has 1 unspecified atom stereocenters. The molecule has 3 nitrogen and oxygen atoms in total. The maximum absolute atomic E-state index is 9.30. The molecule has 0 spiro atoms. The van der Waals surface area contributed by atoms with Crippen LogP contribution in [0.15, 0.2) is 18.2 Å². The van der Waals surface area contributed by atoms with E-state index in [2.05, 4.69) is 37.8 Å². The van der Waals surface area contributed by atoms with Gasteiger partial charge in [0.2, 0.25) is 0 Å². The monoisotopic (exact) mass is 249 g/mol. The number of aliphatic hydroxyl groups excluding tert-OH is 1. The molecule has 0 aromatic heterocycles. The van der Waals surface area contributed by atoms with Crippen molar-refractivity contribution < 1.29 is 9.84 Å². The van der Waals surface area contributed by atoms with E-state index in [1.54, 1.807) is 7.11 Å². The number of hydrogen-bond acceptors (Lipinski definition) is 3. The van der Waals surface area contributed by atoms with Crippen LogP contribution < -0.4 is 9.64 Å². The molecule has 0 aliphatic carbocycles. The van der Waals surface area contributed by atoms with Crippen LogP contribution in [0.25, 0.3) is 0 Å². The molecule has 2 rings (SSSR count). The Labute approximate surface area is 109 Å². The van der Waals surface area contributed by atoms with Gasteiger partial charge in [-0.15, -0.1) is 0 Å². The Morgan fingerprint density at radius 3 is 2.78 bits per heavy atom. The van der Waals surface area contributed by atoms with Gasteiger partial charge in [0.25, 0.3) is 0 Å². The topological polar surface area (TPSA) is 32.7 Å². The van der Waals surface area contributed by atoms with Gasteiger partial charge in [0, 0.05) is 23.8 Å². The number of aliphatic hydroxyl groups is 1. The van der Waals surface area contributed by atoms with E-state index in [-0.39, 0.29) is 12.1 Å². The highest BCUT2D eigenvalue weighted by atomic mass is 16.5. The fraction of sp³-hybridized carbons (Fsp3) is 0.600. The number of methoxy groups -OCH3 is 1. The smallest absolute Gasteiger partial charge is 0.120 e. The molecular weight excluding hydrogens is 226 g/mol. The van der Waals surface area contributed by atoms with Crippen LogP contribution in [0.1, 0.15) is 38.7 Å². The molecule has 0 amide bonds. The Kier molecular flexibility index (Phi) is 3.53. The molecule has 1 heterocycles. The third-order valence-corrected chi connectivity index (χ3v) is 3.92. The quantitative estimate of drug-likeness (QED) is 0.894. The molecule has 0 radical (unpaired) electrons. The summed E-state index contributed by atoms with van der Waals surface area (Å²) in [4.78, 5) is 2.30. The standard InChI is InChI=1S/C15H23NO2/c1-11-10-15(2,3)16(7-8-17)14-9-12(18-4)5-6-13(11)14/h5-6,9,11,17H,7-8,10H2,1-4H3. The molecule has 0 bridgehead atoms. The summed E-state index contributed by atoms with van der Waals surface area (Å²) in [5.74, 6) is 1.41. The molecular formula is C15H23NO2. The van der Waals surface area contributed by atoms with Crippen molar-refractivity contribution in [3.8, 4) is 5.75 Å². The van der Waals surface area contributed by atoms with E-state index in [9.17, 15) is 5.11 Å². The average molecular weight is 249 g/mol. The molecule has 1 N–H and O–H groups in total. The molecule has 1 aliphatic rings. The Morgan fingerprint density at radius 2 is 2.17 bits per heavy atom. The van der Waals surface area contributed by atoms with E-state index in [1.165, 1.54) is 11.3 Å². The third kappa shape index (κ3) is 2.19. The summed E-state index contributed by atoms with van der Waals surface area (Å²) in [7, 11) is 1.69. The van der Waals surface area contributed by atoms with E-state index in [4.69, 9.17) is 4.74 Å². The van der Waals surface area contributed by atoms with Gasteiger partial charge in [0.1, 0.15) is 5.75 Å². The van der Waals surface area contributed by atoms with Crippen LogP contribution in [0, 0.1) is 0 Å². The lowest BCUT2D eigenvalue weighted by molar-refractivity contribution is 0.277. The van der Waals surface area contributed by atoms with Crippen LogP contribution in [0.2, 0.25) is 0 Å². The van der Waals surface area contributed by atoms with Gasteiger partial charge in [-0.3, -0.25) is 0 Å². The van der Waals surface area contributed by atoms with Gasteiger partial charge in [-0.05, 0) is 37.8 Å². The zero-order valence-electron chi connectivity index (χ0n) is 11.7. The van der Waals surface area contributed by atoms with Crippen molar-refractivity contribution in [2.24, 2.45) is 0 Å². The van der Waals surface area contributed by atoms with E-state index >= 15 is 0 Å². The van der Waals surface area contributed by atoms with Crippen molar-refractivity contribution in [1.82, 2.24) is 0 Å². The van der Waals surface area contributed by atoms with E-state index in [1.807, 2.05) is 6.07 Å². The molecule has 100 valence electrons. The van der Waals surface area contributed by atoms with Gasteiger partial charge < -0.3 is 14.7 Å². The van der Waals surface area contributed by atoms with Gasteiger partial charge >= 0.3 is 0 Å². The van der Waals surface area contributed by atoms with Crippen LogP contribution in [0.4, 0.5) is 5.69 Å². The number of ether oxygens (including phenoxy) is 1. The van der Waals surface area contributed by atoms with E-state index in [0.29, 0.717) is 12.5 Å². The summed E-state index contributed by atoms with van der Waals surface area (Å²) in [6.45, 7) is 7.58. The van der Waals surface area contributed by atoms with Crippen LogP contribution in [-0.2, 0) is 0 Å². The number of anilines is 1. The van der Waals surface area contributed by atoms with Crippen LogP contribution in [0.3, 0.4) is 0 Å². The minimum Gasteiger partial charge on any atom is -0.497 e. The summed E-state index contributed by atoms with van der Waals surface area (Å²) in [6.07, 6.45) is 1.10. The van der Waals surface area contributed by atoms with Crippen LogP contribution in [-0.4, -0.2) is 30.9 Å². The maximum Gasteiger partial charge on any atom is 0.120 e. The third-order valence-electron chi connectivity index (χ3n) is 3.92. The number of nitrogens with zero attached hydrogens (tertiary/aromatic N) is 1. The van der Waals surface area contributed by atoms with E-state index in [0.717, 1.165) is 12.2 Å². The molecule has 1 aliphatic heterocycles. The zero-order valence-corrected chi connectivity index (χ0v) is 11.7. The lowest BCUT2D eigenvalue weighted by Gasteiger charge is -2.47. The van der Waals surface area contributed by atoms with Crippen molar-refractivity contribution in [3.63, 3.8) is 0 Å². The largest absolute Gasteiger partial charge is 0.497 e. The summed E-state index contributed by atoms with van der Waals surface area (Å²) in [5, 5.41) is 9.30. The molecule has 3 heteroatoms. The molecule has 0 saturated heterocycles. The van der Waals surface area contributed by atoms with E-state index < -0.39 is 0 Å². The summed E-state index contributed by atoms with van der Waals surface area (Å²) < 4.78 is 5.32. The highest BCUT2D eigenvalue weighted by molar-refractivity contribution is 5.62. The van der Waals surface area contributed by atoms with Gasteiger partial charge in [-0.2, -0.15) is 0 Å². The second kappa shape index (κ2) is 4.81. The minimum atomic E-state index is 0.0709. The molecule has 18 heavy (non-hydrogen) atoms. The zero-order chi connectivity index (χ0) is 13.3. The van der Waals surface area contributed by atoms with Gasteiger partial charge in [0.05, 0.1) is 13.7 Å². The van der Waals surface area contributed by atoms with Crippen LogP contribution >= 0.6 is 0 Å². The fourth-order valence-corrected chi connectivity index (χ4v) is 3.12. The summed E-state index contributed by atoms with van der Waals surface area (Å²) in [5.41, 5.74) is 2.62. The van der Waals surface area contributed by atoms with Crippen molar-refractivity contribution in [1.29, 1.82) is 0 Å². The van der Waals surface area contributed by atoms with Gasteiger partial charge in [-0.1, -0.05) is 13.0 Å². The Bertz CT molecular complexity index is 429. The fourth-order valence-electron chi connectivity index (χ4n) is 3.12. The van der Waals surface area contributed by atoms with Crippen molar-refractivity contribution in [3.05, 3.63) is 23.8 Å². The van der Waals surface area contributed by atoms with Gasteiger partial charge in [0.15, 0.2) is 0 Å². The Morgan fingerprint density at radius 1 is 1.44 bits per heavy atom. The van der Waals surface area contributed by atoms with Crippen molar-refractivity contribution >= 4 is 5.69 Å².